The highest BCUT2D eigenvalue weighted by atomic mass is 79.9. The molecule has 3 aromatic heterocycles. The van der Waals surface area contributed by atoms with Crippen LogP contribution in [0.4, 0.5) is 0 Å². The van der Waals surface area contributed by atoms with Crippen molar-refractivity contribution in [2.24, 2.45) is 13.0 Å². The number of nitrogens with zero attached hydrogens (tertiary/aromatic N) is 5. The van der Waals surface area contributed by atoms with Gasteiger partial charge in [0.1, 0.15) is 24.4 Å². The molecule has 1 fully saturated rings. The number of aromatic nitrogens is 5. The van der Waals surface area contributed by atoms with Crippen LogP contribution in [0.25, 0.3) is 16.6 Å². The van der Waals surface area contributed by atoms with E-state index in [1.165, 1.54) is 24.8 Å². The first-order valence-corrected chi connectivity index (χ1v) is 17.1. The molecule has 1 saturated carbocycles. The van der Waals surface area contributed by atoms with Gasteiger partial charge in [0.25, 0.3) is 5.56 Å². The lowest BCUT2D eigenvalue weighted by molar-refractivity contribution is 0.0901. The van der Waals surface area contributed by atoms with Crippen LogP contribution in [-0.2, 0) is 18.5 Å². The third kappa shape index (κ3) is 5.01. The summed E-state index contributed by atoms with van der Waals surface area (Å²) in [6.07, 6.45) is 9.20. The van der Waals surface area contributed by atoms with Gasteiger partial charge in [-0.1, -0.05) is 38.2 Å². The molecule has 4 aromatic rings. The lowest BCUT2D eigenvalue weighted by Crippen LogP contribution is -2.25. The zero-order chi connectivity index (χ0) is 25.4. The number of pyridine rings is 1. The number of hydrogen-bond donors (Lipinski definition) is 0. The van der Waals surface area contributed by atoms with Gasteiger partial charge in [-0.3, -0.25) is 9.36 Å². The fourth-order valence-electron chi connectivity index (χ4n) is 4.95. The number of rotatable bonds is 9. The number of hydrogen-bond acceptors (Lipinski definition) is 4. The van der Waals surface area contributed by atoms with Crippen LogP contribution < -0.4 is 5.56 Å². The van der Waals surface area contributed by atoms with Crippen LogP contribution in [0.2, 0.25) is 25.7 Å². The molecule has 3 heterocycles. The van der Waals surface area contributed by atoms with Crippen LogP contribution >= 0.6 is 15.9 Å². The lowest BCUT2D eigenvalue weighted by Gasteiger charge is -2.33. The van der Waals surface area contributed by atoms with E-state index in [9.17, 15) is 4.79 Å². The summed E-state index contributed by atoms with van der Waals surface area (Å²) in [5, 5.41) is 9.48. The number of ether oxygens (including phenoxy) is 1. The molecule has 0 unspecified atom stereocenters. The van der Waals surface area contributed by atoms with Gasteiger partial charge >= 0.3 is 0 Å². The van der Waals surface area contributed by atoms with Crippen molar-refractivity contribution < 1.29 is 4.74 Å². The Hall–Kier alpha value is -2.49. The van der Waals surface area contributed by atoms with Crippen molar-refractivity contribution in [2.45, 2.75) is 57.6 Å². The van der Waals surface area contributed by atoms with Gasteiger partial charge in [-0.05, 0) is 64.5 Å². The molecule has 0 amide bonds. The van der Waals surface area contributed by atoms with E-state index in [1.807, 2.05) is 46.8 Å². The van der Waals surface area contributed by atoms with Crippen molar-refractivity contribution in [3.63, 3.8) is 0 Å². The molecule has 5 rings (SSSR count). The first-order chi connectivity index (χ1) is 17.2. The summed E-state index contributed by atoms with van der Waals surface area (Å²) in [4.78, 5) is 13.8. The maximum absolute atomic E-state index is 13.8. The van der Waals surface area contributed by atoms with Gasteiger partial charge in [0, 0.05) is 55.6 Å². The van der Waals surface area contributed by atoms with E-state index >= 15 is 0 Å². The molecule has 0 radical (unpaired) electrons. The summed E-state index contributed by atoms with van der Waals surface area (Å²) in [6.45, 7) is 8.10. The first kappa shape index (κ1) is 25.2. The molecule has 9 heteroatoms. The second-order valence-electron chi connectivity index (χ2n) is 11.1. The summed E-state index contributed by atoms with van der Waals surface area (Å²) >= 11 is 3.70. The first-order valence-electron chi connectivity index (χ1n) is 12.6. The minimum absolute atomic E-state index is 0.0528. The lowest BCUT2D eigenvalue weighted by atomic mass is 9.72. The molecule has 190 valence electrons. The number of aryl methyl sites for hydroxylation is 1. The SMILES string of the molecule is Cn1cnnc1[C@@H](c1cccc(-n2cc(Br)c3ccn(COCC[Si](C)(C)C)c3c2=O)c1)C1CCC1. The molecule has 36 heavy (non-hydrogen) atoms. The highest BCUT2D eigenvalue weighted by molar-refractivity contribution is 9.10. The largest absolute Gasteiger partial charge is 0.361 e. The summed E-state index contributed by atoms with van der Waals surface area (Å²) in [5.74, 6) is 1.68. The molecule has 0 aliphatic heterocycles. The van der Waals surface area contributed by atoms with Gasteiger partial charge in [-0.25, -0.2) is 0 Å². The smallest absolute Gasteiger partial charge is 0.279 e. The molecular weight excluding hydrogens is 534 g/mol. The second kappa shape index (κ2) is 10.1. The topological polar surface area (TPSA) is 66.9 Å². The Kier molecular flexibility index (Phi) is 7.07. The monoisotopic (exact) mass is 567 g/mol. The van der Waals surface area contributed by atoms with Crippen LogP contribution in [0.1, 0.15) is 36.6 Å². The minimum atomic E-state index is -1.17. The van der Waals surface area contributed by atoms with Gasteiger partial charge in [-0.2, -0.15) is 0 Å². The van der Waals surface area contributed by atoms with Gasteiger partial charge < -0.3 is 13.9 Å². The van der Waals surface area contributed by atoms with E-state index in [-0.39, 0.29) is 11.5 Å². The maximum atomic E-state index is 13.8. The van der Waals surface area contributed by atoms with E-state index in [2.05, 4.69) is 57.9 Å². The van der Waals surface area contributed by atoms with Gasteiger partial charge in [0.15, 0.2) is 0 Å². The van der Waals surface area contributed by atoms with E-state index in [0.717, 1.165) is 27.4 Å². The fourth-order valence-corrected chi connectivity index (χ4v) is 6.23. The van der Waals surface area contributed by atoms with Crippen molar-refractivity contribution in [1.29, 1.82) is 0 Å². The minimum Gasteiger partial charge on any atom is -0.361 e. The zero-order valence-corrected chi connectivity index (χ0v) is 24.0. The van der Waals surface area contributed by atoms with E-state index in [1.54, 1.807) is 10.9 Å². The molecule has 0 N–H and O–H groups in total. The van der Waals surface area contributed by atoms with Crippen molar-refractivity contribution >= 4 is 34.9 Å². The standard InChI is InChI=1S/C27H34BrN5O2Si/c1-31-17-29-30-26(31)24(19-7-5-8-19)20-9-6-10-21(15-20)33-16-23(28)22-11-12-32(25(22)27(33)34)18-35-13-14-36(2,3)4/h6,9-12,15-17,19,24H,5,7-8,13-14,18H2,1-4H3/t24-/m1/s1. The second-order valence-corrected chi connectivity index (χ2v) is 17.6. The maximum Gasteiger partial charge on any atom is 0.279 e. The van der Waals surface area contributed by atoms with Gasteiger partial charge in [0.2, 0.25) is 0 Å². The molecule has 1 atom stereocenters. The number of benzene rings is 1. The van der Waals surface area contributed by atoms with Crippen LogP contribution in [-0.4, -0.2) is 38.6 Å². The van der Waals surface area contributed by atoms with Crippen molar-refractivity contribution in [1.82, 2.24) is 23.9 Å². The highest BCUT2D eigenvalue weighted by Gasteiger charge is 2.33. The third-order valence-corrected chi connectivity index (χ3v) is 9.60. The quantitative estimate of drug-likeness (QED) is 0.186. The molecule has 1 aromatic carbocycles. The Bertz CT molecular complexity index is 1430. The zero-order valence-electron chi connectivity index (χ0n) is 21.4. The number of halogens is 1. The van der Waals surface area contributed by atoms with Crippen molar-refractivity contribution in [3.8, 4) is 5.69 Å². The highest BCUT2D eigenvalue weighted by Crippen LogP contribution is 2.42. The third-order valence-electron chi connectivity index (χ3n) is 7.26. The molecule has 1 aliphatic carbocycles. The number of fused-ring (bicyclic) bond motifs is 1. The van der Waals surface area contributed by atoms with Crippen LogP contribution in [0.3, 0.4) is 0 Å². The summed E-state index contributed by atoms with van der Waals surface area (Å²) < 4.78 is 12.5. The van der Waals surface area contributed by atoms with Crippen LogP contribution in [0.15, 0.2) is 58.3 Å². The average molecular weight is 569 g/mol. The Labute approximate surface area is 221 Å². The molecule has 0 bridgehead atoms. The molecular formula is C27H34BrN5O2Si. The normalized spacial score (nSPS) is 15.4. The van der Waals surface area contributed by atoms with Crippen LogP contribution in [0, 0.1) is 5.92 Å². The van der Waals surface area contributed by atoms with E-state index in [0.29, 0.717) is 24.8 Å². The van der Waals surface area contributed by atoms with Crippen molar-refractivity contribution in [2.75, 3.05) is 6.61 Å². The Morgan fingerprint density at radius 2 is 2.03 bits per heavy atom. The van der Waals surface area contributed by atoms with Crippen LogP contribution in [0.5, 0.6) is 0 Å². The molecule has 7 nitrogen and oxygen atoms in total. The summed E-state index contributed by atoms with van der Waals surface area (Å²) in [7, 11) is 0.832. The van der Waals surface area contributed by atoms with E-state index < -0.39 is 8.07 Å². The molecule has 0 spiro atoms. The molecule has 0 saturated heterocycles. The predicted octanol–water partition coefficient (Wildman–Crippen LogP) is 5.93. The molecule has 1 aliphatic rings. The van der Waals surface area contributed by atoms with Crippen molar-refractivity contribution in [3.05, 3.63) is 75.3 Å². The fraction of sp³-hybridized carbons (Fsp3) is 0.444. The van der Waals surface area contributed by atoms with E-state index in [4.69, 9.17) is 4.74 Å². The summed E-state index contributed by atoms with van der Waals surface area (Å²) in [5.41, 5.74) is 2.61. The van der Waals surface area contributed by atoms with Gasteiger partial charge in [0.05, 0.1) is 0 Å². The van der Waals surface area contributed by atoms with Gasteiger partial charge in [-0.15, -0.1) is 10.2 Å². The Morgan fingerprint density at radius 3 is 2.69 bits per heavy atom. The Balaban J connectivity index is 1.50. The predicted molar refractivity (Wildman–Crippen MR) is 150 cm³/mol. The average Bonchev–Trinajstić information content (AvgIpc) is 3.42. The summed E-state index contributed by atoms with van der Waals surface area (Å²) in [6, 6.07) is 11.4. The Morgan fingerprint density at radius 1 is 1.22 bits per heavy atom.